The van der Waals surface area contributed by atoms with Crippen molar-refractivity contribution in [1.29, 1.82) is 0 Å². The summed E-state index contributed by atoms with van der Waals surface area (Å²) in [7, 11) is -0.566. The van der Waals surface area contributed by atoms with Gasteiger partial charge in [-0.15, -0.1) is 0 Å². The minimum absolute atomic E-state index is 0.0808. The van der Waals surface area contributed by atoms with E-state index in [4.69, 9.17) is 28.8 Å². The molecule has 0 aromatic heterocycles. The molecule has 0 aromatic rings. The van der Waals surface area contributed by atoms with Crippen LogP contribution in [-0.4, -0.2) is 70.0 Å². The Balaban J connectivity index is 2.00. The lowest BCUT2D eigenvalue weighted by Crippen LogP contribution is -2.23. The maximum atomic E-state index is 4.97. The Kier molecular flexibility index (Phi) is 10.2. The summed E-state index contributed by atoms with van der Waals surface area (Å²) in [5.74, 6) is 0. The fourth-order valence-corrected chi connectivity index (χ4v) is 5.01. The topological polar surface area (TPSA) is 64.6 Å². The largest absolute Gasteiger partial charge is 0.412 e. The molecule has 0 aliphatic carbocycles. The smallest absolute Gasteiger partial charge is 0.412 e. The molecule has 1 rings (SSSR count). The highest BCUT2D eigenvalue weighted by Crippen LogP contribution is 1.79. The Morgan fingerprint density at radius 1 is 0.286 bits per heavy atom. The van der Waals surface area contributed by atoms with Gasteiger partial charge in [0.2, 0.25) is 0 Å². The summed E-state index contributed by atoms with van der Waals surface area (Å²) in [6.07, 6.45) is 0. The molecule has 0 unspecified atom stereocenters. The van der Waals surface area contributed by atoms with Gasteiger partial charge in [0.05, 0.1) is 0 Å². The molecule has 1 saturated heterocycles. The zero-order chi connectivity index (χ0) is 9.90. The van der Waals surface area contributed by atoms with E-state index < -0.39 is 0 Å². The standard InChI is InChI=1S/O7Si7/c1-8-2-10-4-12-6-14-7-13-5-11-3-9-1. The van der Waals surface area contributed by atoms with Gasteiger partial charge in [0, 0.05) is 0 Å². The summed E-state index contributed by atoms with van der Waals surface area (Å²) in [5.41, 5.74) is 0. The van der Waals surface area contributed by atoms with Crippen molar-refractivity contribution in [2.45, 2.75) is 0 Å². The van der Waals surface area contributed by atoms with Crippen molar-refractivity contribution < 1.29 is 28.8 Å². The maximum absolute atomic E-state index is 4.97. The number of rotatable bonds is 0. The molecule has 14 radical (unpaired) electrons. The van der Waals surface area contributed by atoms with Gasteiger partial charge in [-0.3, -0.25) is 0 Å². The van der Waals surface area contributed by atoms with E-state index in [2.05, 4.69) is 0 Å². The molecule has 1 heterocycles. The zero-order valence-corrected chi connectivity index (χ0v) is 13.4. The first-order chi connectivity index (χ1) is 7.00. The SMILES string of the molecule is O1[Si]O[Si]O[Si]O[Si]O[Si]O[Si]O[Si]1. The van der Waals surface area contributed by atoms with E-state index >= 15 is 0 Å². The van der Waals surface area contributed by atoms with Crippen molar-refractivity contribution in [3.8, 4) is 0 Å². The highest BCUT2D eigenvalue weighted by Gasteiger charge is 2.05. The Morgan fingerprint density at radius 3 is 0.571 bits per heavy atom. The fraction of sp³-hybridized carbons (Fsp3) is 0. The van der Waals surface area contributed by atoms with Crippen LogP contribution < -0.4 is 0 Å². The summed E-state index contributed by atoms with van der Waals surface area (Å²) in [4.78, 5) is 0. The van der Waals surface area contributed by atoms with Crippen LogP contribution in [0.3, 0.4) is 0 Å². The predicted molar refractivity (Wildman–Crippen MR) is 47.9 cm³/mol. The maximum Gasteiger partial charge on any atom is 0.412 e. The van der Waals surface area contributed by atoms with Gasteiger partial charge in [0.1, 0.15) is 0 Å². The van der Waals surface area contributed by atoms with Gasteiger partial charge in [-0.1, -0.05) is 0 Å². The van der Waals surface area contributed by atoms with Crippen molar-refractivity contribution in [1.82, 2.24) is 0 Å². The van der Waals surface area contributed by atoms with Crippen LogP contribution in [0.2, 0.25) is 0 Å². The molecule has 0 N–H and O–H groups in total. The molecule has 0 bridgehead atoms. The first-order valence-corrected chi connectivity index (χ1v) is 8.57. The van der Waals surface area contributed by atoms with Crippen molar-refractivity contribution in [3.05, 3.63) is 0 Å². The van der Waals surface area contributed by atoms with Crippen LogP contribution in [0.15, 0.2) is 0 Å². The van der Waals surface area contributed by atoms with Crippen LogP contribution in [0.5, 0.6) is 0 Å². The summed E-state index contributed by atoms with van der Waals surface area (Å²) in [6, 6.07) is 0. The summed E-state index contributed by atoms with van der Waals surface area (Å²) >= 11 is 0. The quantitative estimate of drug-likeness (QED) is 0.438. The van der Waals surface area contributed by atoms with Gasteiger partial charge in [0.25, 0.3) is 0 Å². The van der Waals surface area contributed by atoms with Gasteiger partial charge in [-0.25, -0.2) is 0 Å². The molecule has 1 aliphatic rings. The third-order valence-electron chi connectivity index (χ3n) is 0.583. The average Bonchev–Trinajstić information content (AvgIpc) is 2.22. The van der Waals surface area contributed by atoms with Crippen molar-refractivity contribution in [2.75, 3.05) is 0 Å². The van der Waals surface area contributed by atoms with Gasteiger partial charge >= 0.3 is 70.0 Å². The molecule has 1 fully saturated rings. The Morgan fingerprint density at radius 2 is 0.429 bits per heavy atom. The average molecular weight is 309 g/mol. The molecule has 0 aromatic carbocycles. The molecule has 14 heavy (non-hydrogen) atoms. The minimum atomic E-state index is -0.0808. The van der Waals surface area contributed by atoms with E-state index in [-0.39, 0.29) is 70.0 Å². The minimum Gasteiger partial charge on any atom is -0.412 e. The molecular weight excluding hydrogens is 309 g/mol. The highest BCUT2D eigenvalue weighted by molar-refractivity contribution is 6.50. The molecule has 0 saturated carbocycles. The lowest BCUT2D eigenvalue weighted by atomic mass is 15.7. The lowest BCUT2D eigenvalue weighted by Gasteiger charge is -2.04. The zero-order valence-electron chi connectivity index (χ0n) is 6.36. The van der Waals surface area contributed by atoms with Crippen LogP contribution in [0.4, 0.5) is 0 Å². The molecule has 0 atom stereocenters. The Labute approximate surface area is 98.9 Å². The molecule has 0 amide bonds. The van der Waals surface area contributed by atoms with Crippen molar-refractivity contribution in [2.24, 2.45) is 0 Å². The van der Waals surface area contributed by atoms with Crippen LogP contribution in [-0.2, 0) is 28.8 Å². The molecule has 14 heteroatoms. The summed E-state index contributed by atoms with van der Waals surface area (Å²) < 4.78 is 34.8. The lowest BCUT2D eigenvalue weighted by molar-refractivity contribution is 0.348. The molecule has 1 aliphatic heterocycles. The first-order valence-electron chi connectivity index (χ1n) is 2.86. The second kappa shape index (κ2) is 10.7. The van der Waals surface area contributed by atoms with Crippen LogP contribution >= 0.6 is 0 Å². The van der Waals surface area contributed by atoms with Crippen molar-refractivity contribution >= 4 is 70.0 Å². The van der Waals surface area contributed by atoms with E-state index in [0.717, 1.165) is 0 Å². The van der Waals surface area contributed by atoms with E-state index in [1.807, 2.05) is 0 Å². The Hall–Kier alpha value is 1.24. The number of hydrogen-bond donors (Lipinski definition) is 0. The van der Waals surface area contributed by atoms with Gasteiger partial charge < -0.3 is 28.8 Å². The van der Waals surface area contributed by atoms with Crippen LogP contribution in [0.25, 0.3) is 0 Å². The van der Waals surface area contributed by atoms with E-state index in [9.17, 15) is 0 Å². The third-order valence-corrected chi connectivity index (χ3v) is 5.25. The molecule has 0 spiro atoms. The predicted octanol–water partition coefficient (Wildman–Crippen LogP) is -3.14. The monoisotopic (exact) mass is 308 g/mol. The van der Waals surface area contributed by atoms with E-state index in [1.54, 1.807) is 0 Å². The molecule has 70 valence electrons. The van der Waals surface area contributed by atoms with Gasteiger partial charge in [-0.2, -0.15) is 0 Å². The second-order valence-electron chi connectivity index (χ2n) is 1.30. The normalized spacial score (nSPS) is 24.0. The van der Waals surface area contributed by atoms with Crippen LogP contribution in [0, 0.1) is 0 Å². The summed E-state index contributed by atoms with van der Waals surface area (Å²) in [6.45, 7) is 0. The molecular formula is O7Si7. The summed E-state index contributed by atoms with van der Waals surface area (Å²) in [5, 5.41) is 0. The van der Waals surface area contributed by atoms with Crippen LogP contribution in [0.1, 0.15) is 0 Å². The van der Waals surface area contributed by atoms with Crippen molar-refractivity contribution in [3.63, 3.8) is 0 Å². The second-order valence-corrected chi connectivity index (χ2v) is 8.18. The van der Waals surface area contributed by atoms with Gasteiger partial charge in [-0.05, 0) is 0 Å². The highest BCUT2D eigenvalue weighted by atomic mass is 28.4. The van der Waals surface area contributed by atoms with E-state index in [0.29, 0.717) is 0 Å². The molecule has 7 nitrogen and oxygen atoms in total. The first kappa shape index (κ1) is 13.3. The number of hydrogen-bond acceptors (Lipinski definition) is 7. The van der Waals surface area contributed by atoms with Gasteiger partial charge in [0.15, 0.2) is 0 Å². The fourth-order valence-electron chi connectivity index (χ4n) is 0.265. The van der Waals surface area contributed by atoms with E-state index in [1.165, 1.54) is 0 Å². The Bertz CT molecular complexity index is 67.3. The third kappa shape index (κ3) is 8.54.